The van der Waals surface area contributed by atoms with Gasteiger partial charge in [-0.15, -0.1) is 10.2 Å². The van der Waals surface area contributed by atoms with Crippen molar-refractivity contribution in [3.8, 4) is 11.4 Å². The van der Waals surface area contributed by atoms with Crippen LogP contribution in [0, 0.1) is 6.92 Å². The average Bonchev–Trinajstić information content (AvgIpc) is 3.08. The second-order valence-electron chi connectivity index (χ2n) is 4.99. The van der Waals surface area contributed by atoms with E-state index in [1.807, 2.05) is 24.3 Å². The Morgan fingerprint density at radius 1 is 1.35 bits per heavy atom. The fraction of sp³-hybridized carbons (Fsp3) is 0.429. The molecular weight excluding hydrogens is 272 g/mol. The van der Waals surface area contributed by atoms with E-state index in [0.717, 1.165) is 35.9 Å². The topological polar surface area (TPSA) is 66.0 Å². The predicted octanol–water partition coefficient (Wildman–Crippen LogP) is 2.24. The number of nitrogen functional groups attached to an aromatic ring is 1. The number of nitrogens with two attached hydrogens (primary N) is 1. The van der Waals surface area contributed by atoms with E-state index in [9.17, 15) is 0 Å². The molecule has 0 aliphatic carbocycles. The van der Waals surface area contributed by atoms with Crippen molar-refractivity contribution in [1.82, 2.24) is 14.9 Å². The van der Waals surface area contributed by atoms with Gasteiger partial charge in [-0.3, -0.25) is 0 Å². The first-order chi connectivity index (χ1) is 9.74. The lowest BCUT2D eigenvalue weighted by molar-refractivity contribution is 0.129. The lowest BCUT2D eigenvalue weighted by Crippen LogP contribution is -2.14. The Kier molecular flexibility index (Phi) is 3.93. The Labute approximate surface area is 122 Å². The highest BCUT2D eigenvalue weighted by molar-refractivity contribution is 7.99. The van der Waals surface area contributed by atoms with E-state index in [-0.39, 0.29) is 0 Å². The zero-order chi connectivity index (χ0) is 13.9. The first kappa shape index (κ1) is 13.5. The summed E-state index contributed by atoms with van der Waals surface area (Å²) in [6, 6.07) is 8.11. The van der Waals surface area contributed by atoms with Gasteiger partial charge in [0.1, 0.15) is 0 Å². The van der Waals surface area contributed by atoms with Crippen LogP contribution in [0.5, 0.6) is 0 Å². The maximum atomic E-state index is 6.09. The number of rotatable bonds is 4. The van der Waals surface area contributed by atoms with Crippen molar-refractivity contribution in [3.05, 3.63) is 29.8 Å². The lowest BCUT2D eigenvalue weighted by atomic mass is 10.1. The minimum atomic E-state index is 0.319. The first-order valence-electron chi connectivity index (χ1n) is 6.76. The van der Waals surface area contributed by atoms with Crippen molar-refractivity contribution in [2.45, 2.75) is 31.0 Å². The number of thioether (sulfide) groups is 1. The van der Waals surface area contributed by atoms with Gasteiger partial charge in [-0.2, -0.15) is 0 Å². The molecule has 0 saturated carbocycles. The maximum Gasteiger partial charge on any atom is 0.210 e. The third-order valence-corrected chi connectivity index (χ3v) is 4.47. The second kappa shape index (κ2) is 5.85. The summed E-state index contributed by atoms with van der Waals surface area (Å²) in [5.41, 5.74) is 2.19. The van der Waals surface area contributed by atoms with E-state index in [1.165, 1.54) is 5.56 Å². The van der Waals surface area contributed by atoms with Gasteiger partial charge in [-0.25, -0.2) is 4.68 Å². The van der Waals surface area contributed by atoms with Crippen LogP contribution in [0.25, 0.3) is 11.4 Å². The van der Waals surface area contributed by atoms with Crippen LogP contribution in [0.3, 0.4) is 0 Å². The molecule has 1 aliphatic heterocycles. The number of aromatic nitrogens is 3. The third kappa shape index (κ3) is 2.81. The molecule has 20 heavy (non-hydrogen) atoms. The molecule has 0 spiro atoms. The fourth-order valence-corrected chi connectivity index (χ4v) is 3.14. The Morgan fingerprint density at radius 3 is 2.85 bits per heavy atom. The van der Waals surface area contributed by atoms with Crippen molar-refractivity contribution in [2.24, 2.45) is 0 Å². The van der Waals surface area contributed by atoms with Gasteiger partial charge in [0.2, 0.25) is 5.16 Å². The van der Waals surface area contributed by atoms with E-state index in [2.05, 4.69) is 17.1 Å². The molecule has 6 heteroatoms. The number of ether oxygens (including phenoxy) is 1. The van der Waals surface area contributed by atoms with Gasteiger partial charge in [0.15, 0.2) is 5.82 Å². The molecule has 3 rings (SSSR count). The largest absolute Gasteiger partial charge is 0.377 e. The Hall–Kier alpha value is -1.53. The molecule has 2 heterocycles. The molecule has 0 bridgehead atoms. The molecule has 1 aromatic carbocycles. The minimum absolute atomic E-state index is 0.319. The van der Waals surface area contributed by atoms with Crippen molar-refractivity contribution in [2.75, 3.05) is 18.2 Å². The van der Waals surface area contributed by atoms with Crippen molar-refractivity contribution in [3.63, 3.8) is 0 Å². The lowest BCUT2D eigenvalue weighted by Gasteiger charge is -2.08. The molecule has 2 N–H and O–H groups in total. The van der Waals surface area contributed by atoms with Gasteiger partial charge in [0.25, 0.3) is 0 Å². The Balaban J connectivity index is 1.72. The molecule has 0 amide bonds. The smallest absolute Gasteiger partial charge is 0.210 e. The molecule has 1 aliphatic rings. The van der Waals surface area contributed by atoms with E-state index in [1.54, 1.807) is 16.4 Å². The van der Waals surface area contributed by atoms with Crippen molar-refractivity contribution >= 4 is 11.8 Å². The molecule has 2 aromatic rings. The van der Waals surface area contributed by atoms with Crippen molar-refractivity contribution < 1.29 is 4.74 Å². The summed E-state index contributed by atoms with van der Waals surface area (Å²) in [6.45, 7) is 2.93. The Morgan fingerprint density at radius 2 is 2.15 bits per heavy atom. The van der Waals surface area contributed by atoms with Crippen LogP contribution in [0.4, 0.5) is 0 Å². The highest BCUT2D eigenvalue weighted by Crippen LogP contribution is 2.25. The zero-order valence-electron chi connectivity index (χ0n) is 11.5. The molecule has 0 radical (unpaired) electrons. The standard InChI is InChI=1S/C14H18N4OS/c1-10-4-6-11(7-5-10)13-16-17-14(18(13)15)20-9-12-3-2-8-19-12/h4-7,12H,2-3,8-9,15H2,1H3. The number of hydrogen-bond donors (Lipinski definition) is 1. The van der Waals surface area contributed by atoms with Gasteiger partial charge < -0.3 is 10.6 Å². The van der Waals surface area contributed by atoms with Gasteiger partial charge in [-0.1, -0.05) is 41.6 Å². The average molecular weight is 290 g/mol. The molecule has 1 fully saturated rings. The van der Waals surface area contributed by atoms with Crippen LogP contribution < -0.4 is 5.84 Å². The van der Waals surface area contributed by atoms with Crippen LogP contribution in [0.2, 0.25) is 0 Å². The molecule has 1 unspecified atom stereocenters. The summed E-state index contributed by atoms with van der Waals surface area (Å²) in [7, 11) is 0. The quantitative estimate of drug-likeness (QED) is 0.691. The summed E-state index contributed by atoms with van der Waals surface area (Å²) in [4.78, 5) is 0. The van der Waals surface area contributed by atoms with Crippen LogP contribution in [0.1, 0.15) is 18.4 Å². The van der Waals surface area contributed by atoms with E-state index >= 15 is 0 Å². The van der Waals surface area contributed by atoms with E-state index in [0.29, 0.717) is 11.9 Å². The first-order valence-corrected chi connectivity index (χ1v) is 7.74. The summed E-state index contributed by atoms with van der Waals surface area (Å²) in [6.07, 6.45) is 2.59. The normalized spacial score (nSPS) is 18.6. The van der Waals surface area contributed by atoms with Crippen LogP contribution in [0.15, 0.2) is 29.4 Å². The summed E-state index contributed by atoms with van der Waals surface area (Å²) in [5.74, 6) is 7.66. The molecule has 1 aromatic heterocycles. The maximum absolute atomic E-state index is 6.09. The monoisotopic (exact) mass is 290 g/mol. The van der Waals surface area contributed by atoms with Crippen LogP contribution in [-0.2, 0) is 4.74 Å². The summed E-state index contributed by atoms with van der Waals surface area (Å²) < 4.78 is 7.16. The molecular formula is C14H18N4OS. The number of hydrogen-bond acceptors (Lipinski definition) is 5. The second-order valence-corrected chi connectivity index (χ2v) is 5.98. The van der Waals surface area contributed by atoms with Crippen molar-refractivity contribution in [1.29, 1.82) is 0 Å². The van der Waals surface area contributed by atoms with E-state index < -0.39 is 0 Å². The summed E-state index contributed by atoms with van der Waals surface area (Å²) >= 11 is 1.60. The van der Waals surface area contributed by atoms with Gasteiger partial charge in [0, 0.05) is 17.9 Å². The highest BCUT2D eigenvalue weighted by Gasteiger charge is 2.18. The molecule has 1 saturated heterocycles. The number of benzene rings is 1. The van der Waals surface area contributed by atoms with Crippen LogP contribution >= 0.6 is 11.8 Å². The fourth-order valence-electron chi connectivity index (χ4n) is 2.22. The SMILES string of the molecule is Cc1ccc(-c2nnc(SCC3CCCO3)n2N)cc1. The van der Waals surface area contributed by atoms with Gasteiger partial charge in [0.05, 0.1) is 6.10 Å². The van der Waals surface area contributed by atoms with Crippen LogP contribution in [-0.4, -0.2) is 33.3 Å². The van der Waals surface area contributed by atoms with Gasteiger partial charge in [-0.05, 0) is 19.8 Å². The number of aryl methyl sites for hydroxylation is 1. The molecule has 106 valence electrons. The van der Waals surface area contributed by atoms with Gasteiger partial charge >= 0.3 is 0 Å². The Bertz CT molecular complexity index is 575. The molecule has 1 atom stereocenters. The zero-order valence-corrected chi connectivity index (χ0v) is 12.3. The third-order valence-electron chi connectivity index (χ3n) is 3.40. The highest BCUT2D eigenvalue weighted by atomic mass is 32.2. The minimum Gasteiger partial charge on any atom is -0.377 e. The van der Waals surface area contributed by atoms with E-state index in [4.69, 9.17) is 10.6 Å². The molecule has 5 nitrogen and oxygen atoms in total. The number of nitrogens with zero attached hydrogens (tertiary/aromatic N) is 3. The summed E-state index contributed by atoms with van der Waals surface area (Å²) in [5, 5.41) is 9.09. The predicted molar refractivity (Wildman–Crippen MR) is 80.0 cm³/mol.